The predicted molar refractivity (Wildman–Crippen MR) is 108 cm³/mol. The molecule has 1 aromatic carbocycles. The van der Waals surface area contributed by atoms with Crippen molar-refractivity contribution >= 4 is 11.6 Å². The van der Waals surface area contributed by atoms with E-state index in [1.807, 2.05) is 28.8 Å². The van der Waals surface area contributed by atoms with Crippen molar-refractivity contribution in [2.24, 2.45) is 10.9 Å². The standard InChI is InChI=1S/C20H28F2N6/c1-3-23-20(24-14-16(2)15-28-8-4-7-25-28)27-11-9-26(10-12-27)19-13-17(21)5-6-18(19)22/h4-8,13,16H,3,9-12,14-15H2,1-2H3,(H,23,24). The molecule has 8 heteroatoms. The summed E-state index contributed by atoms with van der Waals surface area (Å²) in [6.07, 6.45) is 3.73. The second kappa shape index (κ2) is 9.52. The lowest BCUT2D eigenvalue weighted by atomic mass is 10.2. The Balaban J connectivity index is 1.58. The summed E-state index contributed by atoms with van der Waals surface area (Å²) in [4.78, 5) is 8.85. The molecule has 1 aliphatic rings. The first-order valence-electron chi connectivity index (χ1n) is 9.77. The maximum atomic E-state index is 14.0. The Bertz CT molecular complexity index is 769. The van der Waals surface area contributed by atoms with Crippen LogP contribution in [0.25, 0.3) is 0 Å². The number of aliphatic imine (C=N–C) groups is 1. The number of nitrogens with one attached hydrogen (secondary N) is 1. The number of benzene rings is 1. The molecule has 152 valence electrons. The first kappa shape index (κ1) is 20.1. The van der Waals surface area contributed by atoms with Crippen LogP contribution >= 0.6 is 0 Å². The topological polar surface area (TPSA) is 48.7 Å². The normalized spacial score (nSPS) is 16.4. The van der Waals surface area contributed by atoms with Gasteiger partial charge in [0.2, 0.25) is 0 Å². The fourth-order valence-corrected chi connectivity index (χ4v) is 3.34. The van der Waals surface area contributed by atoms with Crippen LogP contribution in [0.1, 0.15) is 13.8 Å². The molecule has 0 amide bonds. The molecule has 6 nitrogen and oxygen atoms in total. The number of anilines is 1. The molecule has 0 saturated carbocycles. The zero-order valence-corrected chi connectivity index (χ0v) is 16.5. The summed E-state index contributed by atoms with van der Waals surface area (Å²) in [5.41, 5.74) is 0.328. The number of hydrogen-bond acceptors (Lipinski definition) is 3. The average molecular weight is 390 g/mol. The molecular formula is C20H28F2N6. The Hall–Kier alpha value is -2.64. The molecule has 1 aliphatic heterocycles. The van der Waals surface area contributed by atoms with E-state index in [9.17, 15) is 8.78 Å². The number of hydrogen-bond donors (Lipinski definition) is 1. The minimum Gasteiger partial charge on any atom is -0.366 e. The van der Waals surface area contributed by atoms with Gasteiger partial charge in [-0.1, -0.05) is 6.92 Å². The summed E-state index contributed by atoms with van der Waals surface area (Å²) in [6.45, 7) is 9.14. The summed E-state index contributed by atoms with van der Waals surface area (Å²) in [5.74, 6) is 0.424. The molecule has 2 aromatic rings. The van der Waals surface area contributed by atoms with Crippen molar-refractivity contribution in [1.82, 2.24) is 20.0 Å². The Labute approximate surface area is 164 Å². The van der Waals surface area contributed by atoms with E-state index in [1.165, 1.54) is 12.1 Å². The lowest BCUT2D eigenvalue weighted by molar-refractivity contribution is 0.367. The van der Waals surface area contributed by atoms with Gasteiger partial charge < -0.3 is 15.1 Å². The monoisotopic (exact) mass is 390 g/mol. The quantitative estimate of drug-likeness (QED) is 0.609. The molecule has 3 rings (SSSR count). The molecule has 1 fully saturated rings. The third-order valence-corrected chi connectivity index (χ3v) is 4.77. The highest BCUT2D eigenvalue weighted by molar-refractivity contribution is 5.80. The SMILES string of the molecule is CCNC(=NCC(C)Cn1cccn1)N1CCN(c2cc(F)ccc2F)CC1. The van der Waals surface area contributed by atoms with Gasteiger partial charge in [-0.05, 0) is 31.0 Å². The van der Waals surface area contributed by atoms with Crippen molar-refractivity contribution in [2.45, 2.75) is 20.4 Å². The second-order valence-electron chi connectivity index (χ2n) is 7.10. The largest absolute Gasteiger partial charge is 0.366 e. The molecular weight excluding hydrogens is 362 g/mol. The molecule has 1 saturated heterocycles. The summed E-state index contributed by atoms with van der Waals surface area (Å²) >= 11 is 0. The predicted octanol–water partition coefficient (Wildman–Crippen LogP) is 2.59. The number of halogens is 2. The van der Waals surface area contributed by atoms with Crippen molar-refractivity contribution in [3.63, 3.8) is 0 Å². The first-order chi connectivity index (χ1) is 13.6. The van der Waals surface area contributed by atoms with E-state index in [2.05, 4.69) is 22.2 Å². The van der Waals surface area contributed by atoms with Gasteiger partial charge in [0, 0.05) is 64.3 Å². The minimum absolute atomic E-state index is 0.328. The van der Waals surface area contributed by atoms with Gasteiger partial charge in [0.25, 0.3) is 0 Å². The van der Waals surface area contributed by atoms with Crippen molar-refractivity contribution in [3.8, 4) is 0 Å². The maximum Gasteiger partial charge on any atom is 0.194 e. The van der Waals surface area contributed by atoms with Crippen molar-refractivity contribution in [3.05, 3.63) is 48.3 Å². The number of nitrogens with zero attached hydrogens (tertiary/aromatic N) is 5. The van der Waals surface area contributed by atoms with Crippen LogP contribution in [0, 0.1) is 17.6 Å². The minimum atomic E-state index is -0.417. The van der Waals surface area contributed by atoms with Crippen LogP contribution in [0.5, 0.6) is 0 Å². The van der Waals surface area contributed by atoms with Crippen LogP contribution in [0.15, 0.2) is 41.7 Å². The third kappa shape index (κ3) is 5.21. The van der Waals surface area contributed by atoms with Crippen molar-refractivity contribution < 1.29 is 8.78 Å². The van der Waals surface area contributed by atoms with E-state index >= 15 is 0 Å². The van der Waals surface area contributed by atoms with Gasteiger partial charge in [0.15, 0.2) is 5.96 Å². The molecule has 28 heavy (non-hydrogen) atoms. The highest BCUT2D eigenvalue weighted by atomic mass is 19.1. The molecule has 0 aliphatic carbocycles. The van der Waals surface area contributed by atoms with Gasteiger partial charge in [0.05, 0.1) is 5.69 Å². The Morgan fingerprint density at radius 1 is 1.25 bits per heavy atom. The number of aromatic nitrogens is 2. The van der Waals surface area contributed by atoms with Crippen LogP contribution in [-0.4, -0.2) is 59.9 Å². The van der Waals surface area contributed by atoms with Crippen LogP contribution in [0.2, 0.25) is 0 Å². The Kier molecular flexibility index (Phi) is 6.84. The average Bonchev–Trinajstić information content (AvgIpc) is 3.20. The summed E-state index contributed by atoms with van der Waals surface area (Å²) < 4.78 is 29.4. The molecule has 1 unspecified atom stereocenters. The molecule has 1 atom stereocenters. The smallest absolute Gasteiger partial charge is 0.194 e. The highest BCUT2D eigenvalue weighted by Crippen LogP contribution is 2.22. The van der Waals surface area contributed by atoms with E-state index < -0.39 is 5.82 Å². The molecule has 0 spiro atoms. The lowest BCUT2D eigenvalue weighted by Crippen LogP contribution is -2.52. The zero-order valence-electron chi connectivity index (χ0n) is 16.5. The summed E-state index contributed by atoms with van der Waals surface area (Å²) in [6, 6.07) is 5.52. The van der Waals surface area contributed by atoms with E-state index in [4.69, 9.17) is 4.99 Å². The molecule has 0 radical (unpaired) electrons. The Morgan fingerprint density at radius 2 is 2.04 bits per heavy atom. The fourth-order valence-electron chi connectivity index (χ4n) is 3.34. The molecule has 2 heterocycles. The van der Waals surface area contributed by atoms with E-state index in [0.717, 1.165) is 25.1 Å². The first-order valence-corrected chi connectivity index (χ1v) is 9.77. The van der Waals surface area contributed by atoms with Crippen LogP contribution in [-0.2, 0) is 6.54 Å². The lowest BCUT2D eigenvalue weighted by Gasteiger charge is -2.37. The van der Waals surface area contributed by atoms with Gasteiger partial charge in [-0.25, -0.2) is 8.78 Å². The zero-order chi connectivity index (χ0) is 19.9. The number of piperazine rings is 1. The van der Waals surface area contributed by atoms with Gasteiger partial charge in [-0.2, -0.15) is 5.10 Å². The third-order valence-electron chi connectivity index (χ3n) is 4.77. The molecule has 1 aromatic heterocycles. The van der Waals surface area contributed by atoms with Gasteiger partial charge >= 0.3 is 0 Å². The summed E-state index contributed by atoms with van der Waals surface area (Å²) in [5, 5.41) is 7.58. The van der Waals surface area contributed by atoms with Crippen LogP contribution in [0.3, 0.4) is 0 Å². The fraction of sp³-hybridized carbons (Fsp3) is 0.500. The second-order valence-corrected chi connectivity index (χ2v) is 7.10. The maximum absolute atomic E-state index is 14.0. The van der Waals surface area contributed by atoms with E-state index in [-0.39, 0.29) is 5.82 Å². The van der Waals surface area contributed by atoms with E-state index in [0.29, 0.717) is 44.3 Å². The van der Waals surface area contributed by atoms with Crippen LogP contribution in [0.4, 0.5) is 14.5 Å². The van der Waals surface area contributed by atoms with Gasteiger partial charge in [0.1, 0.15) is 11.6 Å². The van der Waals surface area contributed by atoms with Crippen molar-refractivity contribution in [2.75, 3.05) is 44.2 Å². The molecule has 1 N–H and O–H groups in total. The van der Waals surface area contributed by atoms with Gasteiger partial charge in [-0.15, -0.1) is 0 Å². The Morgan fingerprint density at radius 3 is 2.71 bits per heavy atom. The van der Waals surface area contributed by atoms with E-state index in [1.54, 1.807) is 6.20 Å². The van der Waals surface area contributed by atoms with Crippen LogP contribution < -0.4 is 10.2 Å². The van der Waals surface area contributed by atoms with Gasteiger partial charge in [-0.3, -0.25) is 9.67 Å². The van der Waals surface area contributed by atoms with Crippen molar-refractivity contribution in [1.29, 1.82) is 0 Å². The summed E-state index contributed by atoms with van der Waals surface area (Å²) in [7, 11) is 0. The number of guanidine groups is 1. The highest BCUT2D eigenvalue weighted by Gasteiger charge is 2.22. The molecule has 0 bridgehead atoms. The number of rotatable bonds is 6.